The van der Waals surface area contributed by atoms with Crippen LogP contribution in [0.25, 0.3) is 55.1 Å². The molecule has 2 heterocycles. The molecule has 0 saturated carbocycles. The molecular formula is C27H22N4. The van der Waals surface area contributed by atoms with Gasteiger partial charge in [-0.2, -0.15) is 0 Å². The van der Waals surface area contributed by atoms with Gasteiger partial charge in [0.05, 0.1) is 22.1 Å². The third-order valence-electron chi connectivity index (χ3n) is 5.97. The van der Waals surface area contributed by atoms with Gasteiger partial charge in [-0.25, -0.2) is 9.97 Å². The number of aromatic nitrogens is 4. The first-order valence-electron chi connectivity index (χ1n) is 10.7. The molecule has 2 aromatic heterocycles. The third kappa shape index (κ3) is 3.08. The smallest absolute Gasteiger partial charge is 0.106 e. The van der Waals surface area contributed by atoms with E-state index >= 15 is 0 Å². The minimum atomic E-state index is 0.912. The molecule has 0 aliphatic rings. The first-order chi connectivity index (χ1) is 15.2. The van der Waals surface area contributed by atoms with E-state index in [0.29, 0.717) is 0 Å². The number of imidazole rings is 2. The molecule has 0 saturated heterocycles. The molecule has 6 rings (SSSR count). The molecule has 150 valence electrons. The summed E-state index contributed by atoms with van der Waals surface area (Å²) < 4.78 is 0. The third-order valence-corrected chi connectivity index (χ3v) is 5.97. The van der Waals surface area contributed by atoms with Crippen molar-refractivity contribution in [3.05, 3.63) is 84.4 Å². The Labute approximate surface area is 180 Å². The van der Waals surface area contributed by atoms with Crippen LogP contribution in [0.2, 0.25) is 0 Å². The molecule has 0 unspecified atom stereocenters. The second kappa shape index (κ2) is 6.81. The van der Waals surface area contributed by atoms with Crippen LogP contribution < -0.4 is 0 Å². The summed E-state index contributed by atoms with van der Waals surface area (Å²) in [6, 6.07) is 26.2. The summed E-state index contributed by atoms with van der Waals surface area (Å²) in [5.41, 5.74) is 9.01. The van der Waals surface area contributed by atoms with Gasteiger partial charge in [0.2, 0.25) is 0 Å². The van der Waals surface area contributed by atoms with Crippen molar-refractivity contribution in [1.29, 1.82) is 0 Å². The molecule has 6 aromatic rings. The van der Waals surface area contributed by atoms with E-state index in [-0.39, 0.29) is 0 Å². The highest BCUT2D eigenvalue weighted by Crippen LogP contribution is 2.30. The Morgan fingerprint density at radius 2 is 1.13 bits per heavy atom. The Morgan fingerprint density at radius 3 is 1.74 bits per heavy atom. The fourth-order valence-corrected chi connectivity index (χ4v) is 4.33. The van der Waals surface area contributed by atoms with Gasteiger partial charge in [0, 0.05) is 6.42 Å². The standard InChI is InChI=1S/C27H22N4/c1-3-27-30-24-11-9-22(15-26(24)31-27)20-7-5-17-12-19(6-4-18(17)13-20)21-8-10-23-25(14-21)29-16(2)28-23/h4-15H,3H2,1-2H3,(H,28,29)(H,30,31). The van der Waals surface area contributed by atoms with E-state index in [1.807, 2.05) is 6.92 Å². The molecule has 4 heteroatoms. The maximum Gasteiger partial charge on any atom is 0.106 e. The van der Waals surface area contributed by atoms with Crippen molar-refractivity contribution in [2.75, 3.05) is 0 Å². The van der Waals surface area contributed by atoms with Crippen LogP contribution in [0, 0.1) is 6.92 Å². The summed E-state index contributed by atoms with van der Waals surface area (Å²) in [5.74, 6) is 1.97. The number of aromatic amines is 2. The number of fused-ring (bicyclic) bond motifs is 3. The highest BCUT2D eigenvalue weighted by atomic mass is 14.9. The van der Waals surface area contributed by atoms with Crippen molar-refractivity contribution in [2.45, 2.75) is 20.3 Å². The summed E-state index contributed by atoms with van der Waals surface area (Å²) in [6.07, 6.45) is 0.912. The van der Waals surface area contributed by atoms with E-state index in [1.54, 1.807) is 0 Å². The van der Waals surface area contributed by atoms with E-state index in [2.05, 4.69) is 99.7 Å². The minimum Gasteiger partial charge on any atom is -0.342 e. The van der Waals surface area contributed by atoms with Crippen molar-refractivity contribution in [3.63, 3.8) is 0 Å². The van der Waals surface area contributed by atoms with E-state index in [0.717, 1.165) is 40.1 Å². The number of H-pyrrole nitrogens is 2. The molecular weight excluding hydrogens is 380 g/mol. The Kier molecular flexibility index (Phi) is 3.93. The number of nitrogens with one attached hydrogen (secondary N) is 2. The van der Waals surface area contributed by atoms with Crippen molar-refractivity contribution < 1.29 is 0 Å². The number of benzene rings is 4. The number of hydrogen-bond acceptors (Lipinski definition) is 2. The number of rotatable bonds is 3. The largest absolute Gasteiger partial charge is 0.342 e. The lowest BCUT2D eigenvalue weighted by Crippen LogP contribution is -1.83. The molecule has 0 amide bonds. The lowest BCUT2D eigenvalue weighted by molar-refractivity contribution is 1.00. The number of aryl methyl sites for hydroxylation is 2. The van der Waals surface area contributed by atoms with Crippen molar-refractivity contribution in [2.24, 2.45) is 0 Å². The molecule has 0 spiro atoms. The van der Waals surface area contributed by atoms with Gasteiger partial charge in [0.1, 0.15) is 11.6 Å². The summed E-state index contributed by atoms with van der Waals surface area (Å²) in [6.45, 7) is 4.10. The maximum atomic E-state index is 4.61. The van der Waals surface area contributed by atoms with Gasteiger partial charge in [0.25, 0.3) is 0 Å². The average molecular weight is 403 g/mol. The minimum absolute atomic E-state index is 0.912. The van der Waals surface area contributed by atoms with Crippen LogP contribution in [-0.2, 0) is 6.42 Å². The topological polar surface area (TPSA) is 57.4 Å². The van der Waals surface area contributed by atoms with E-state index in [4.69, 9.17) is 0 Å². The average Bonchev–Trinajstić information content (AvgIpc) is 3.39. The fourth-order valence-electron chi connectivity index (χ4n) is 4.33. The van der Waals surface area contributed by atoms with Crippen molar-refractivity contribution in [1.82, 2.24) is 19.9 Å². The highest BCUT2D eigenvalue weighted by Gasteiger charge is 2.07. The zero-order valence-electron chi connectivity index (χ0n) is 17.5. The lowest BCUT2D eigenvalue weighted by Gasteiger charge is -2.07. The lowest BCUT2D eigenvalue weighted by atomic mass is 9.97. The highest BCUT2D eigenvalue weighted by molar-refractivity contribution is 5.93. The van der Waals surface area contributed by atoms with Crippen LogP contribution in [0.3, 0.4) is 0 Å². The first kappa shape index (κ1) is 17.9. The normalized spacial score (nSPS) is 11.7. The Hall–Kier alpha value is -3.92. The Morgan fingerprint density at radius 1 is 0.613 bits per heavy atom. The van der Waals surface area contributed by atoms with Gasteiger partial charge < -0.3 is 9.97 Å². The molecule has 4 nitrogen and oxygen atoms in total. The Bertz CT molecular complexity index is 1590. The second-order valence-corrected chi connectivity index (χ2v) is 8.10. The zero-order chi connectivity index (χ0) is 20.9. The van der Waals surface area contributed by atoms with Crippen LogP contribution in [0.5, 0.6) is 0 Å². The fraction of sp³-hybridized carbons (Fsp3) is 0.111. The zero-order valence-corrected chi connectivity index (χ0v) is 17.5. The van der Waals surface area contributed by atoms with Crippen LogP contribution in [0.1, 0.15) is 18.6 Å². The van der Waals surface area contributed by atoms with Crippen LogP contribution in [0.15, 0.2) is 72.8 Å². The van der Waals surface area contributed by atoms with Gasteiger partial charge in [0.15, 0.2) is 0 Å². The predicted octanol–water partition coefficient (Wildman–Crippen LogP) is 6.80. The maximum absolute atomic E-state index is 4.61. The van der Waals surface area contributed by atoms with E-state index in [1.165, 1.54) is 33.0 Å². The summed E-state index contributed by atoms with van der Waals surface area (Å²) in [5, 5.41) is 2.47. The molecule has 0 bridgehead atoms. The molecule has 31 heavy (non-hydrogen) atoms. The van der Waals surface area contributed by atoms with E-state index < -0.39 is 0 Å². The molecule has 0 atom stereocenters. The molecule has 0 radical (unpaired) electrons. The molecule has 0 fully saturated rings. The Balaban J connectivity index is 1.39. The van der Waals surface area contributed by atoms with Crippen LogP contribution in [-0.4, -0.2) is 19.9 Å². The quantitative estimate of drug-likeness (QED) is 0.342. The monoisotopic (exact) mass is 402 g/mol. The number of nitrogens with zero attached hydrogens (tertiary/aromatic N) is 2. The van der Waals surface area contributed by atoms with Gasteiger partial charge in [-0.15, -0.1) is 0 Å². The SMILES string of the molecule is CCc1nc2ccc(-c3ccc4cc(-c5ccc6nc(C)[nH]c6c5)ccc4c3)cc2[nH]1. The van der Waals surface area contributed by atoms with Crippen LogP contribution in [0.4, 0.5) is 0 Å². The molecule has 4 aromatic carbocycles. The first-order valence-corrected chi connectivity index (χ1v) is 10.7. The predicted molar refractivity (Wildman–Crippen MR) is 128 cm³/mol. The van der Waals surface area contributed by atoms with Gasteiger partial charge >= 0.3 is 0 Å². The van der Waals surface area contributed by atoms with E-state index in [9.17, 15) is 0 Å². The summed E-state index contributed by atoms with van der Waals surface area (Å²) in [4.78, 5) is 15.9. The molecule has 2 N–H and O–H groups in total. The second-order valence-electron chi connectivity index (χ2n) is 8.10. The summed E-state index contributed by atoms with van der Waals surface area (Å²) >= 11 is 0. The molecule has 0 aliphatic heterocycles. The van der Waals surface area contributed by atoms with Crippen LogP contribution >= 0.6 is 0 Å². The summed E-state index contributed by atoms with van der Waals surface area (Å²) in [7, 11) is 0. The van der Waals surface area contributed by atoms with Gasteiger partial charge in [-0.05, 0) is 76.3 Å². The van der Waals surface area contributed by atoms with Gasteiger partial charge in [-0.1, -0.05) is 43.3 Å². The number of hydrogen-bond donors (Lipinski definition) is 2. The molecule has 0 aliphatic carbocycles. The van der Waals surface area contributed by atoms with Gasteiger partial charge in [-0.3, -0.25) is 0 Å². The van der Waals surface area contributed by atoms with Crippen molar-refractivity contribution in [3.8, 4) is 22.3 Å². The van der Waals surface area contributed by atoms with Crippen molar-refractivity contribution >= 4 is 32.8 Å².